The molecule has 0 atom stereocenters. The molecule has 5 aromatic rings. The minimum atomic E-state index is 1.05. The zero-order valence-corrected chi connectivity index (χ0v) is 22.1. The summed E-state index contributed by atoms with van der Waals surface area (Å²) in [5.74, 6) is 0. The number of nitrogens with one attached hydrogen (secondary N) is 1. The van der Waals surface area contributed by atoms with Gasteiger partial charge in [0, 0.05) is 27.4 Å². The number of aromatic amines is 1. The summed E-state index contributed by atoms with van der Waals surface area (Å²) in [4.78, 5) is 9.17. The zero-order chi connectivity index (χ0) is 25.2. The summed E-state index contributed by atoms with van der Waals surface area (Å²) < 4.78 is 0. The van der Waals surface area contributed by atoms with E-state index in [2.05, 4.69) is 97.7 Å². The third-order valence-electron chi connectivity index (χ3n) is 7.84. The average molecular weight is 485 g/mol. The number of aryl methyl sites for hydroxylation is 2. The molecule has 0 spiro atoms. The molecule has 1 aliphatic rings. The van der Waals surface area contributed by atoms with Crippen LogP contribution in [0.15, 0.2) is 83.9 Å². The van der Waals surface area contributed by atoms with Crippen LogP contribution in [-0.2, 0) is 12.8 Å². The van der Waals surface area contributed by atoms with Gasteiger partial charge in [0.05, 0.1) is 16.9 Å². The highest BCUT2D eigenvalue weighted by Gasteiger charge is 2.24. The molecule has 1 aliphatic carbocycles. The summed E-state index contributed by atoms with van der Waals surface area (Å²) >= 11 is 0. The van der Waals surface area contributed by atoms with Crippen molar-refractivity contribution >= 4 is 33.2 Å². The second kappa shape index (κ2) is 10.4. The van der Waals surface area contributed by atoms with Crippen molar-refractivity contribution in [3.05, 3.63) is 101 Å². The van der Waals surface area contributed by atoms with Gasteiger partial charge in [-0.25, -0.2) is 4.99 Å². The lowest BCUT2D eigenvalue weighted by atomic mass is 10.0. The van der Waals surface area contributed by atoms with Gasteiger partial charge in [0.1, 0.15) is 0 Å². The van der Waals surface area contributed by atoms with Crippen LogP contribution in [0.2, 0.25) is 0 Å². The van der Waals surface area contributed by atoms with Crippen LogP contribution < -0.4 is 0 Å². The lowest BCUT2D eigenvalue weighted by molar-refractivity contribution is 0.718. The Bertz CT molecular complexity index is 1550. The van der Waals surface area contributed by atoms with Crippen molar-refractivity contribution in [1.82, 2.24) is 4.98 Å². The molecule has 2 heteroatoms. The highest BCUT2D eigenvalue weighted by atomic mass is 14.8. The van der Waals surface area contributed by atoms with Gasteiger partial charge in [-0.1, -0.05) is 94.1 Å². The molecule has 186 valence electrons. The minimum absolute atomic E-state index is 1.05. The van der Waals surface area contributed by atoms with Crippen LogP contribution in [0, 0.1) is 0 Å². The van der Waals surface area contributed by atoms with Crippen LogP contribution in [0.5, 0.6) is 0 Å². The molecule has 0 amide bonds. The van der Waals surface area contributed by atoms with Crippen LogP contribution in [0.4, 0.5) is 5.69 Å². The maximum Gasteiger partial charge on any atom is 0.0881 e. The first kappa shape index (κ1) is 23.7. The third kappa shape index (κ3) is 4.50. The lowest BCUT2D eigenvalue weighted by Gasteiger charge is -2.08. The van der Waals surface area contributed by atoms with Gasteiger partial charge in [-0.2, -0.15) is 0 Å². The van der Waals surface area contributed by atoms with E-state index in [9.17, 15) is 0 Å². The molecule has 0 saturated heterocycles. The molecule has 0 aliphatic heterocycles. The van der Waals surface area contributed by atoms with E-state index in [1.54, 1.807) is 0 Å². The molecule has 0 fully saturated rings. The Morgan fingerprint density at radius 1 is 0.595 bits per heavy atom. The number of rotatable bonds is 9. The normalized spacial score (nSPS) is 12.3. The largest absolute Gasteiger partial charge is 0.353 e. The first-order valence-electron chi connectivity index (χ1n) is 14.1. The second-order valence-electron chi connectivity index (χ2n) is 10.5. The Morgan fingerprint density at radius 2 is 1.19 bits per heavy atom. The van der Waals surface area contributed by atoms with Crippen molar-refractivity contribution in [2.75, 3.05) is 0 Å². The van der Waals surface area contributed by atoms with E-state index in [1.807, 2.05) is 0 Å². The van der Waals surface area contributed by atoms with Crippen molar-refractivity contribution in [2.45, 2.75) is 65.2 Å². The highest BCUT2D eigenvalue weighted by molar-refractivity contribution is 6.26. The van der Waals surface area contributed by atoms with E-state index in [0.29, 0.717) is 0 Å². The van der Waals surface area contributed by atoms with Gasteiger partial charge >= 0.3 is 0 Å². The van der Waals surface area contributed by atoms with E-state index in [0.717, 1.165) is 29.8 Å². The van der Waals surface area contributed by atoms with Crippen molar-refractivity contribution in [1.29, 1.82) is 0 Å². The van der Waals surface area contributed by atoms with E-state index < -0.39 is 0 Å². The quantitative estimate of drug-likeness (QED) is 0.198. The monoisotopic (exact) mass is 484 g/mol. The van der Waals surface area contributed by atoms with Crippen molar-refractivity contribution in [3.8, 4) is 11.1 Å². The first-order chi connectivity index (χ1) is 18.3. The van der Waals surface area contributed by atoms with E-state index in [1.165, 1.54) is 88.2 Å². The number of H-pyrrole nitrogens is 1. The molecule has 1 N–H and O–H groups in total. The summed E-state index contributed by atoms with van der Waals surface area (Å²) in [5.41, 5.74) is 12.3. The smallest absolute Gasteiger partial charge is 0.0881 e. The van der Waals surface area contributed by atoms with Gasteiger partial charge < -0.3 is 4.98 Å². The first-order valence-corrected chi connectivity index (χ1v) is 14.1. The predicted octanol–water partition coefficient (Wildman–Crippen LogP) is 9.94. The number of aliphatic imine (C=N–C) groups is 1. The van der Waals surface area contributed by atoms with Crippen LogP contribution in [-0.4, -0.2) is 10.7 Å². The summed E-state index contributed by atoms with van der Waals surface area (Å²) in [6.07, 6.45) is 9.76. The van der Waals surface area contributed by atoms with Crippen molar-refractivity contribution in [3.63, 3.8) is 0 Å². The molecule has 1 heterocycles. The van der Waals surface area contributed by atoms with Gasteiger partial charge in [0.2, 0.25) is 0 Å². The minimum Gasteiger partial charge on any atom is -0.353 e. The van der Waals surface area contributed by atoms with Crippen LogP contribution >= 0.6 is 0 Å². The fourth-order valence-electron chi connectivity index (χ4n) is 5.87. The average Bonchev–Trinajstić information content (AvgIpc) is 3.45. The van der Waals surface area contributed by atoms with Gasteiger partial charge in [-0.3, -0.25) is 0 Å². The second-order valence-corrected chi connectivity index (χ2v) is 10.5. The molecule has 0 saturated carbocycles. The fourth-order valence-corrected chi connectivity index (χ4v) is 5.87. The maximum atomic E-state index is 5.42. The number of benzene rings is 4. The summed E-state index contributed by atoms with van der Waals surface area (Å²) in [5, 5.41) is 2.63. The zero-order valence-electron chi connectivity index (χ0n) is 22.1. The van der Waals surface area contributed by atoms with Crippen molar-refractivity contribution in [2.24, 2.45) is 4.99 Å². The summed E-state index contributed by atoms with van der Waals surface area (Å²) in [7, 11) is 0. The number of hydrogen-bond acceptors (Lipinski definition) is 1. The van der Waals surface area contributed by atoms with E-state index in [4.69, 9.17) is 4.99 Å². The SMILES string of the molecule is CCCCCc1ccc2[nH]c3c(N=C4c5ccccc5-c5ccccc54)cc(CCCCC)cc3c2c1. The number of aromatic nitrogens is 1. The molecule has 37 heavy (non-hydrogen) atoms. The van der Waals surface area contributed by atoms with Crippen LogP contribution in [0.25, 0.3) is 32.9 Å². The molecule has 0 radical (unpaired) electrons. The summed E-state index contributed by atoms with van der Waals surface area (Å²) in [6.45, 7) is 4.54. The highest BCUT2D eigenvalue weighted by Crippen LogP contribution is 2.40. The van der Waals surface area contributed by atoms with Crippen molar-refractivity contribution < 1.29 is 0 Å². The van der Waals surface area contributed by atoms with Gasteiger partial charge in [0.25, 0.3) is 0 Å². The molecular formula is C35H36N2. The van der Waals surface area contributed by atoms with Gasteiger partial charge in [0.15, 0.2) is 0 Å². The molecule has 6 rings (SSSR count). The number of nitrogens with zero attached hydrogens (tertiary/aromatic N) is 1. The Hall–Kier alpha value is -3.65. The molecule has 1 aromatic heterocycles. The fraction of sp³-hybridized carbons (Fsp3) is 0.286. The molecule has 0 unspecified atom stereocenters. The number of fused-ring (bicyclic) bond motifs is 6. The topological polar surface area (TPSA) is 28.1 Å². The molecule has 0 bridgehead atoms. The van der Waals surface area contributed by atoms with Gasteiger partial charge in [-0.15, -0.1) is 0 Å². The predicted molar refractivity (Wildman–Crippen MR) is 159 cm³/mol. The Labute approximate surface area is 220 Å². The Morgan fingerprint density at radius 3 is 1.84 bits per heavy atom. The van der Waals surface area contributed by atoms with E-state index >= 15 is 0 Å². The van der Waals surface area contributed by atoms with E-state index in [-0.39, 0.29) is 0 Å². The summed E-state index contributed by atoms with van der Waals surface area (Å²) in [6, 6.07) is 29.1. The van der Waals surface area contributed by atoms with Gasteiger partial charge in [-0.05, 0) is 72.2 Å². The standard InChI is InChI=1S/C35H36N2/c1-3-5-7-13-24-19-20-32-30(21-24)31-22-25(14-8-6-4-2)23-33(35(31)36-32)37-34-28-17-11-9-15-26(28)27-16-10-12-18-29(27)34/h9-12,15-23,36H,3-8,13-14H2,1-2H3. The Balaban J connectivity index is 1.53. The molecule has 4 aromatic carbocycles. The molecular weight excluding hydrogens is 448 g/mol. The number of unbranched alkanes of at least 4 members (excludes halogenated alkanes) is 4. The maximum absolute atomic E-state index is 5.42. The van der Waals surface area contributed by atoms with Crippen LogP contribution in [0.3, 0.4) is 0 Å². The third-order valence-corrected chi connectivity index (χ3v) is 7.84. The lowest BCUT2D eigenvalue weighted by Crippen LogP contribution is -1.97. The van der Waals surface area contributed by atoms with Crippen LogP contribution in [0.1, 0.15) is 74.6 Å². The number of hydrogen-bond donors (Lipinski definition) is 1. The Kier molecular flexibility index (Phi) is 6.66. The molecule has 2 nitrogen and oxygen atoms in total.